The molecule has 0 aromatic heterocycles. The van der Waals surface area contributed by atoms with E-state index in [-0.39, 0.29) is 38.4 Å². The van der Waals surface area contributed by atoms with Gasteiger partial charge in [-0.05, 0) is 46.2 Å². The zero-order valence-electron chi connectivity index (χ0n) is 15.0. The van der Waals surface area contributed by atoms with Gasteiger partial charge in [0.1, 0.15) is 0 Å². The molecule has 4 aromatic rings. The van der Waals surface area contributed by atoms with E-state index >= 15 is 0 Å². The summed E-state index contributed by atoms with van der Waals surface area (Å²) >= 11 is 11.9. The summed E-state index contributed by atoms with van der Waals surface area (Å²) in [4.78, 5) is 21.2. The second kappa shape index (κ2) is 10.0. The molecule has 0 aliphatic heterocycles. The first-order valence-corrected chi connectivity index (χ1v) is 8.91. The smallest absolute Gasteiger partial charge is 0.545 e. The predicted octanol–water partition coefficient (Wildman–Crippen LogP) is 3.71. The average Bonchev–Trinajstić information content (AvgIpc) is 2.68. The molecule has 0 saturated carbocycles. The Bertz CT molecular complexity index is 1110. The van der Waals surface area contributed by atoms with Crippen LogP contribution in [0.15, 0.2) is 72.8 Å². The summed E-state index contributed by atoms with van der Waals surface area (Å²) in [6.07, 6.45) is 0. The molecule has 0 spiro atoms. The second-order valence-electron chi connectivity index (χ2n) is 5.93. The molecule has 140 valence electrons. The van der Waals surface area contributed by atoms with Gasteiger partial charge in [-0.3, -0.25) is 0 Å². The summed E-state index contributed by atoms with van der Waals surface area (Å²) in [6.45, 7) is 0. The van der Waals surface area contributed by atoms with Crippen LogP contribution in [0.25, 0.3) is 21.5 Å². The standard InChI is InChI=1S/2C11H7ClO2.Cd/c2*12-10-3-1-2-7-6-8(11(13)14)4-5-9(7)10;/h2*1-6H,(H,13,14);/q;;+2/p-2. The molecule has 0 atom stereocenters. The van der Waals surface area contributed by atoms with Crippen molar-refractivity contribution in [3.8, 4) is 0 Å². The van der Waals surface area contributed by atoms with E-state index in [0.717, 1.165) is 21.5 Å². The van der Waals surface area contributed by atoms with E-state index in [0.29, 0.717) is 10.0 Å². The number of carboxylic acids is 2. The van der Waals surface area contributed by atoms with Crippen molar-refractivity contribution in [2.75, 3.05) is 0 Å². The molecule has 4 nitrogen and oxygen atoms in total. The van der Waals surface area contributed by atoms with Crippen LogP contribution in [0, 0.1) is 0 Å². The van der Waals surface area contributed by atoms with E-state index in [1.165, 1.54) is 12.1 Å². The number of carboxylic acid groups (broad SMARTS) is 2. The summed E-state index contributed by atoms with van der Waals surface area (Å²) in [5, 5.41) is 25.7. The van der Waals surface area contributed by atoms with Crippen molar-refractivity contribution in [1.82, 2.24) is 0 Å². The van der Waals surface area contributed by atoms with Crippen LogP contribution in [0.5, 0.6) is 0 Å². The number of benzene rings is 4. The normalized spacial score (nSPS) is 10.0. The van der Waals surface area contributed by atoms with Gasteiger partial charge in [0.25, 0.3) is 0 Å². The van der Waals surface area contributed by atoms with Crippen LogP contribution >= 0.6 is 23.2 Å². The minimum Gasteiger partial charge on any atom is -0.545 e. The van der Waals surface area contributed by atoms with E-state index in [2.05, 4.69) is 0 Å². The van der Waals surface area contributed by atoms with Crippen molar-refractivity contribution in [3.05, 3.63) is 94.0 Å². The molecule has 0 fully saturated rings. The summed E-state index contributed by atoms with van der Waals surface area (Å²) in [6, 6.07) is 20.2. The first kappa shape index (κ1) is 23.1. The molecule has 7 heteroatoms. The Morgan fingerprint density at radius 3 is 1.34 bits per heavy atom. The average molecular weight is 524 g/mol. The van der Waals surface area contributed by atoms with Crippen LogP contribution in [0.3, 0.4) is 0 Å². The molecule has 0 N–H and O–H groups in total. The molecule has 0 amide bonds. The minimum atomic E-state index is -1.17. The quantitative estimate of drug-likeness (QED) is 0.375. The molecule has 0 bridgehead atoms. The number of hydrogen-bond donors (Lipinski definition) is 0. The van der Waals surface area contributed by atoms with E-state index in [1.807, 2.05) is 12.1 Å². The summed E-state index contributed by atoms with van der Waals surface area (Å²) in [5.74, 6) is -2.35. The zero-order chi connectivity index (χ0) is 20.3. The number of fused-ring (bicyclic) bond motifs is 2. The molecule has 4 aromatic carbocycles. The number of rotatable bonds is 2. The fourth-order valence-corrected chi connectivity index (χ4v) is 3.23. The number of hydrogen-bond acceptors (Lipinski definition) is 4. The van der Waals surface area contributed by atoms with Crippen molar-refractivity contribution in [2.24, 2.45) is 0 Å². The molecule has 0 saturated heterocycles. The fraction of sp³-hybridized carbons (Fsp3) is 0. The number of carbonyl (C=O) groups is 2. The Balaban J connectivity index is 0.000000200. The Morgan fingerprint density at radius 1 is 0.621 bits per heavy atom. The van der Waals surface area contributed by atoms with Gasteiger partial charge in [0.05, 0.1) is 11.9 Å². The van der Waals surface area contributed by atoms with Gasteiger partial charge in [-0.2, -0.15) is 0 Å². The first-order valence-electron chi connectivity index (χ1n) is 8.16. The minimum absolute atomic E-state index is 0. The van der Waals surface area contributed by atoms with E-state index in [1.54, 1.807) is 48.5 Å². The Kier molecular flexibility index (Phi) is 8.01. The van der Waals surface area contributed by atoms with E-state index < -0.39 is 11.9 Å². The van der Waals surface area contributed by atoms with Crippen LogP contribution in [-0.4, -0.2) is 11.9 Å². The van der Waals surface area contributed by atoms with Crippen molar-refractivity contribution in [2.45, 2.75) is 0 Å². The molecule has 29 heavy (non-hydrogen) atoms. The summed E-state index contributed by atoms with van der Waals surface area (Å²) < 4.78 is 0. The van der Waals surface area contributed by atoms with Gasteiger partial charge in [0, 0.05) is 20.8 Å². The maximum atomic E-state index is 10.6. The molecule has 0 unspecified atom stereocenters. The predicted molar refractivity (Wildman–Crippen MR) is 107 cm³/mol. The first-order chi connectivity index (χ1) is 13.4. The van der Waals surface area contributed by atoms with Gasteiger partial charge in [-0.25, -0.2) is 0 Å². The SMILES string of the molecule is O=C([O-])c1ccc2c(Cl)cccc2c1.O=C([O-])c1ccc2c(Cl)cccc2c1.[Cd+2]. The Labute approximate surface area is 196 Å². The van der Waals surface area contributed by atoms with Crippen LogP contribution in [0.1, 0.15) is 20.7 Å². The van der Waals surface area contributed by atoms with Crippen molar-refractivity contribution < 1.29 is 47.1 Å². The molecular weight excluding hydrogens is 512 g/mol. The third-order valence-electron chi connectivity index (χ3n) is 4.13. The monoisotopic (exact) mass is 524 g/mol. The van der Waals surface area contributed by atoms with Gasteiger partial charge in [0.15, 0.2) is 0 Å². The molecular formula is C22H12CdCl2O4. The van der Waals surface area contributed by atoms with Gasteiger partial charge in [0.2, 0.25) is 0 Å². The summed E-state index contributed by atoms with van der Waals surface area (Å²) in [5.41, 5.74) is 0.333. The fourth-order valence-electron chi connectivity index (χ4n) is 2.74. The van der Waals surface area contributed by atoms with Crippen molar-refractivity contribution in [1.29, 1.82) is 0 Å². The number of carbonyl (C=O) groups excluding carboxylic acids is 2. The maximum absolute atomic E-state index is 10.6. The molecule has 0 aliphatic carbocycles. The van der Waals surface area contributed by atoms with Gasteiger partial charge < -0.3 is 19.8 Å². The van der Waals surface area contributed by atoms with Crippen LogP contribution in [0.4, 0.5) is 0 Å². The number of halogens is 2. The number of aromatic carboxylic acids is 2. The third-order valence-corrected chi connectivity index (χ3v) is 4.78. The zero-order valence-corrected chi connectivity index (χ0v) is 20.6. The van der Waals surface area contributed by atoms with Crippen molar-refractivity contribution in [3.63, 3.8) is 0 Å². The molecule has 0 heterocycles. The van der Waals surface area contributed by atoms with Gasteiger partial charge in [-0.15, -0.1) is 0 Å². The summed E-state index contributed by atoms with van der Waals surface area (Å²) in [7, 11) is 0. The van der Waals surface area contributed by atoms with Gasteiger partial charge in [-0.1, -0.05) is 71.7 Å². The molecule has 4 rings (SSSR count). The van der Waals surface area contributed by atoms with Crippen LogP contribution < -0.4 is 10.2 Å². The molecule has 0 aliphatic rings. The van der Waals surface area contributed by atoms with Crippen LogP contribution in [0.2, 0.25) is 10.0 Å². The van der Waals surface area contributed by atoms with E-state index in [4.69, 9.17) is 23.2 Å². The Hall–Kier alpha value is -2.16. The third kappa shape index (κ3) is 5.47. The second-order valence-corrected chi connectivity index (χ2v) is 6.74. The Morgan fingerprint density at radius 2 is 1.00 bits per heavy atom. The van der Waals surface area contributed by atoms with Crippen LogP contribution in [-0.2, 0) is 27.3 Å². The molecule has 0 radical (unpaired) electrons. The largest absolute Gasteiger partial charge is 2.00 e. The van der Waals surface area contributed by atoms with E-state index in [9.17, 15) is 19.8 Å². The van der Waals surface area contributed by atoms with Crippen molar-refractivity contribution >= 4 is 56.7 Å². The topological polar surface area (TPSA) is 80.3 Å². The maximum Gasteiger partial charge on any atom is 2.00 e. The van der Waals surface area contributed by atoms with Gasteiger partial charge >= 0.3 is 27.3 Å².